The van der Waals surface area contributed by atoms with Crippen LogP contribution in [0.25, 0.3) is 22.3 Å². The first kappa shape index (κ1) is 44.6. The molecular formula is C56H44N8Pt2+4. The maximum atomic E-state index is 4.59. The first-order chi connectivity index (χ1) is 31.2. The predicted molar refractivity (Wildman–Crippen MR) is 246 cm³/mol. The van der Waals surface area contributed by atoms with Crippen molar-refractivity contribution in [1.29, 1.82) is 0 Å². The SMILES string of the molecule is CC1=C(C)[N+](c2[c-]c(C3(c4cc[n-]n4)c4ccccc4-c4ccccc43)ccc2)=C=[N+]1C.CC1=C(C)[N+](c2[c-]c(C3(c4cc[n-]n4)c4ccccc4-c4ccccc43)ccc2)=C=[N+]1C.[Pt+2].[Pt+2]. The second kappa shape index (κ2) is 17.3. The van der Waals surface area contributed by atoms with E-state index in [1.54, 1.807) is 12.4 Å². The zero-order chi connectivity index (χ0) is 43.7. The molecule has 8 nitrogen and oxygen atoms in total. The first-order valence-corrected chi connectivity index (χ1v) is 21.5. The first-order valence-electron chi connectivity index (χ1n) is 21.5. The average molecular weight is 1220 g/mol. The Balaban J connectivity index is 0.000000161. The van der Waals surface area contributed by atoms with Crippen molar-refractivity contribution >= 4 is 23.4 Å². The Morgan fingerprint density at radius 1 is 0.424 bits per heavy atom. The topological polar surface area (TPSA) is 66.0 Å². The molecule has 66 heavy (non-hydrogen) atoms. The van der Waals surface area contributed by atoms with Gasteiger partial charge in [0, 0.05) is 39.1 Å². The molecule has 0 unspecified atom stereocenters. The van der Waals surface area contributed by atoms with E-state index in [4.69, 9.17) is 0 Å². The standard InChI is InChI=1S/2C28H22N4.2Pt/c2*1-19-20(2)32(18-31(19)3)22-10-8-9-21(17-22)28(27-15-16-29-30-27)25-13-6-4-11-23(25)24-12-5-7-14-26(24)28;;/h2*4-16H,1-3H3;;/q;;2*+2. The molecule has 0 saturated heterocycles. The molecule has 4 heterocycles. The summed E-state index contributed by atoms with van der Waals surface area (Å²) in [4.78, 5) is 0. The molecule has 2 aliphatic carbocycles. The molecule has 0 N–H and O–H groups in total. The van der Waals surface area contributed by atoms with Crippen LogP contribution in [0.15, 0.2) is 181 Å². The minimum Gasteiger partial charge on any atom is -0.581 e. The van der Waals surface area contributed by atoms with Gasteiger partial charge in [0.05, 0.1) is 10.8 Å². The van der Waals surface area contributed by atoms with Crippen molar-refractivity contribution in [3.05, 3.63) is 238 Å². The Morgan fingerprint density at radius 3 is 1.05 bits per heavy atom. The Bertz CT molecular complexity index is 3110. The van der Waals surface area contributed by atoms with Gasteiger partial charge in [-0.05, 0) is 44.5 Å². The van der Waals surface area contributed by atoms with Crippen LogP contribution in [0.2, 0.25) is 0 Å². The van der Waals surface area contributed by atoms with E-state index in [-0.39, 0.29) is 42.1 Å². The van der Waals surface area contributed by atoms with Gasteiger partial charge in [0.1, 0.15) is 11.4 Å². The van der Waals surface area contributed by atoms with Gasteiger partial charge in [-0.15, -0.1) is 23.3 Å². The van der Waals surface area contributed by atoms with Crippen molar-refractivity contribution in [1.82, 2.24) is 20.4 Å². The molecule has 0 bridgehead atoms. The number of benzene rings is 6. The van der Waals surface area contributed by atoms with Gasteiger partial charge in [0.15, 0.2) is 14.1 Å². The molecule has 12 rings (SSSR count). The van der Waals surface area contributed by atoms with Crippen molar-refractivity contribution in [3.63, 3.8) is 0 Å². The van der Waals surface area contributed by atoms with Crippen LogP contribution in [0, 0.1) is 12.1 Å². The van der Waals surface area contributed by atoms with Crippen molar-refractivity contribution in [2.45, 2.75) is 38.5 Å². The van der Waals surface area contributed by atoms with E-state index in [1.807, 2.05) is 35.4 Å². The summed E-state index contributed by atoms with van der Waals surface area (Å²) in [7, 11) is 4.04. The summed E-state index contributed by atoms with van der Waals surface area (Å²) in [5, 5.41) is 17.6. The number of allylic oxidation sites excluding steroid dienone is 4. The van der Waals surface area contributed by atoms with Gasteiger partial charge in [0.2, 0.25) is 0 Å². The van der Waals surface area contributed by atoms with Crippen LogP contribution in [0.4, 0.5) is 11.4 Å². The molecule has 6 aromatic carbocycles. The van der Waals surface area contributed by atoms with Crippen molar-refractivity contribution in [3.8, 4) is 22.3 Å². The van der Waals surface area contributed by atoms with Gasteiger partial charge in [-0.25, -0.2) is 0 Å². The van der Waals surface area contributed by atoms with Gasteiger partial charge in [-0.1, -0.05) is 140 Å². The predicted octanol–water partition coefficient (Wildman–Crippen LogP) is 9.85. The van der Waals surface area contributed by atoms with E-state index >= 15 is 0 Å². The summed E-state index contributed by atoms with van der Waals surface area (Å²) in [5.41, 5.74) is 19.1. The largest absolute Gasteiger partial charge is 2.00 e. The normalized spacial score (nSPS) is 15.5. The zero-order valence-corrected chi connectivity index (χ0v) is 41.8. The molecule has 0 fully saturated rings. The molecule has 8 aromatic rings. The molecule has 4 aliphatic rings. The molecule has 324 valence electrons. The third-order valence-corrected chi connectivity index (χ3v) is 13.7. The van der Waals surface area contributed by atoms with E-state index in [1.165, 1.54) is 55.9 Å². The monoisotopic (exact) mass is 1220 g/mol. The smallest absolute Gasteiger partial charge is 0.581 e. The maximum absolute atomic E-state index is 4.59. The number of fused-ring (bicyclic) bond motifs is 6. The molecule has 0 amide bonds. The van der Waals surface area contributed by atoms with Gasteiger partial charge in [-0.2, -0.15) is 36.7 Å². The second-order valence-corrected chi connectivity index (χ2v) is 16.7. The van der Waals surface area contributed by atoms with E-state index in [9.17, 15) is 0 Å². The van der Waals surface area contributed by atoms with Crippen LogP contribution in [0.1, 0.15) is 72.5 Å². The molecule has 2 aromatic heterocycles. The van der Waals surface area contributed by atoms with Gasteiger partial charge in [-0.3, -0.25) is 0 Å². The molecule has 10 heteroatoms. The fourth-order valence-electron chi connectivity index (χ4n) is 10.2. The fraction of sp³-hybridized carbons (Fsp3) is 0.143. The van der Waals surface area contributed by atoms with Gasteiger partial charge >= 0.3 is 54.1 Å². The molecule has 0 radical (unpaired) electrons. The maximum Gasteiger partial charge on any atom is 2.00 e. The Morgan fingerprint density at radius 2 is 0.758 bits per heavy atom. The fourth-order valence-corrected chi connectivity index (χ4v) is 10.2. The van der Waals surface area contributed by atoms with E-state index in [0.29, 0.717) is 0 Å². The van der Waals surface area contributed by atoms with Crippen molar-refractivity contribution in [2.75, 3.05) is 14.1 Å². The summed E-state index contributed by atoms with van der Waals surface area (Å²) in [5.74, 6) is 0. The Kier molecular flexibility index (Phi) is 11.7. The molecule has 0 atom stereocenters. The number of rotatable bonds is 6. The van der Waals surface area contributed by atoms with E-state index in [0.717, 1.165) is 45.3 Å². The van der Waals surface area contributed by atoms with Crippen molar-refractivity contribution < 1.29 is 60.4 Å². The molecule has 0 spiro atoms. The summed E-state index contributed by atoms with van der Waals surface area (Å²) in [6, 6.07) is 65.5. The van der Waals surface area contributed by atoms with Crippen LogP contribution < -0.4 is 10.2 Å². The van der Waals surface area contributed by atoms with Crippen LogP contribution in [0.5, 0.6) is 0 Å². The third-order valence-electron chi connectivity index (χ3n) is 13.7. The van der Waals surface area contributed by atoms with Crippen LogP contribution in [-0.4, -0.2) is 54.6 Å². The summed E-state index contributed by atoms with van der Waals surface area (Å²) in [6.07, 6.45) is 3.55. The summed E-state index contributed by atoms with van der Waals surface area (Å²) < 4.78 is 8.20. The quantitative estimate of drug-likeness (QED) is 0.123. The Labute approximate surface area is 414 Å². The van der Waals surface area contributed by atoms with Crippen LogP contribution in [-0.2, 0) is 53.0 Å². The summed E-state index contributed by atoms with van der Waals surface area (Å²) >= 11 is 0. The summed E-state index contributed by atoms with van der Waals surface area (Å²) in [6.45, 7) is 8.45. The number of hydrogen-bond acceptors (Lipinski definition) is 2. The minimum absolute atomic E-state index is 0. The average Bonchev–Trinajstić information content (AvgIpc) is 4.22. The number of hydrogen-bond donors (Lipinski definition) is 0. The number of aromatic nitrogens is 4. The van der Waals surface area contributed by atoms with Crippen LogP contribution >= 0.6 is 0 Å². The second-order valence-electron chi connectivity index (χ2n) is 16.7. The van der Waals surface area contributed by atoms with Gasteiger partial charge < -0.3 is 20.4 Å². The third kappa shape index (κ3) is 6.50. The molecule has 2 aliphatic heterocycles. The minimum atomic E-state index is -0.571. The van der Waals surface area contributed by atoms with E-state index < -0.39 is 10.8 Å². The molecule has 0 saturated carbocycles. The van der Waals surface area contributed by atoms with E-state index in [2.05, 4.69) is 215 Å². The zero-order valence-electron chi connectivity index (χ0n) is 37.2. The molecular weight excluding hydrogens is 1170 g/mol. The van der Waals surface area contributed by atoms with Crippen LogP contribution in [0.3, 0.4) is 0 Å². The number of nitrogens with zero attached hydrogens (tertiary/aromatic N) is 8. The van der Waals surface area contributed by atoms with Crippen molar-refractivity contribution in [2.24, 2.45) is 0 Å². The Hall–Kier alpha value is -6.64. The van der Waals surface area contributed by atoms with Gasteiger partial charge in [0.25, 0.3) is 22.8 Å².